The first-order valence-corrected chi connectivity index (χ1v) is 17.5. The third kappa shape index (κ3) is 10.1. The molecule has 2 unspecified atom stereocenters. The standard InChI is InChI=1S/C37H54N6O7/c1-10-21(2)17-27(29(44)32(46)39-23-11-12-23)40-31(45)28-19-25(50-33-26-14-13-24(49-9)18-22(26)15-16-38-33)20-43(28)34(47)30(36(3,4)5)41-35(48)42-37(6,7)8/h13-16,18,21,23,25,27-28,30H,10-12,17,19-20H2,1-9H3,(H,39,46)(H,40,45)(H2,41,42,48)/t21?,25-,27+,28?,30-/m1/s1. The number of nitrogens with one attached hydrogen (secondary N) is 4. The molecule has 0 bridgehead atoms. The van der Waals surface area contributed by atoms with Gasteiger partial charge in [0.1, 0.15) is 23.9 Å². The van der Waals surface area contributed by atoms with Gasteiger partial charge in [-0.15, -0.1) is 0 Å². The lowest BCUT2D eigenvalue weighted by Crippen LogP contribution is -2.61. The number of nitrogens with zero attached hydrogens (tertiary/aromatic N) is 2. The molecule has 1 aliphatic carbocycles. The van der Waals surface area contributed by atoms with Crippen LogP contribution in [0.4, 0.5) is 4.79 Å². The first kappa shape index (κ1) is 38.4. The van der Waals surface area contributed by atoms with Gasteiger partial charge in [0.05, 0.1) is 19.7 Å². The predicted octanol–water partition coefficient (Wildman–Crippen LogP) is 3.87. The van der Waals surface area contributed by atoms with Crippen LogP contribution in [0.15, 0.2) is 30.5 Å². The maximum absolute atomic E-state index is 14.5. The molecular formula is C37H54N6O7. The van der Waals surface area contributed by atoms with Crippen LogP contribution >= 0.6 is 0 Å². The summed E-state index contributed by atoms with van der Waals surface area (Å²) >= 11 is 0. The molecule has 0 spiro atoms. The maximum atomic E-state index is 14.5. The van der Waals surface area contributed by atoms with Gasteiger partial charge in [-0.3, -0.25) is 19.2 Å². The summed E-state index contributed by atoms with van der Waals surface area (Å²) in [7, 11) is 1.59. The van der Waals surface area contributed by atoms with Crippen LogP contribution in [-0.2, 0) is 19.2 Å². The number of fused-ring (bicyclic) bond motifs is 1. The molecule has 4 rings (SSSR count). The second-order valence-electron chi connectivity index (χ2n) is 15.8. The molecule has 2 aliphatic rings. The largest absolute Gasteiger partial charge is 0.497 e. The maximum Gasteiger partial charge on any atom is 0.315 e. The number of amides is 5. The average Bonchev–Trinajstić information content (AvgIpc) is 3.76. The molecule has 4 N–H and O–H groups in total. The van der Waals surface area contributed by atoms with Gasteiger partial charge in [0.25, 0.3) is 5.91 Å². The molecule has 2 fully saturated rings. The number of ketones is 1. The number of carbonyl (C=O) groups is 5. The first-order chi connectivity index (χ1) is 23.4. The Morgan fingerprint density at radius 2 is 1.72 bits per heavy atom. The summed E-state index contributed by atoms with van der Waals surface area (Å²) in [4.78, 5) is 73.7. The molecule has 1 saturated carbocycles. The number of Topliss-reactive ketones (excluding diaryl/α,β-unsaturated/α-hetero) is 1. The third-order valence-corrected chi connectivity index (χ3v) is 9.04. The molecule has 1 aliphatic heterocycles. The van der Waals surface area contributed by atoms with Gasteiger partial charge in [-0.1, -0.05) is 41.0 Å². The summed E-state index contributed by atoms with van der Waals surface area (Å²) in [5, 5.41) is 12.8. The van der Waals surface area contributed by atoms with Gasteiger partial charge in [0.2, 0.25) is 23.5 Å². The van der Waals surface area contributed by atoms with Crippen LogP contribution in [0.3, 0.4) is 0 Å². The van der Waals surface area contributed by atoms with E-state index in [0.29, 0.717) is 11.6 Å². The van der Waals surface area contributed by atoms with Crippen LogP contribution in [0, 0.1) is 11.3 Å². The normalized spacial score (nSPS) is 19.6. The minimum atomic E-state index is -1.07. The van der Waals surface area contributed by atoms with Crippen LogP contribution in [-0.4, -0.2) is 88.9 Å². The van der Waals surface area contributed by atoms with Gasteiger partial charge < -0.3 is 35.6 Å². The van der Waals surface area contributed by atoms with Crippen molar-refractivity contribution in [2.75, 3.05) is 13.7 Å². The number of aromatic nitrogens is 1. The van der Waals surface area contributed by atoms with Crippen molar-refractivity contribution >= 4 is 40.3 Å². The number of likely N-dealkylation sites (tertiary alicyclic amines) is 1. The molecule has 0 radical (unpaired) electrons. The summed E-state index contributed by atoms with van der Waals surface area (Å²) in [6.07, 6.45) is 3.70. The van der Waals surface area contributed by atoms with Crippen LogP contribution in [0.5, 0.6) is 11.6 Å². The number of benzene rings is 1. The van der Waals surface area contributed by atoms with E-state index in [4.69, 9.17) is 9.47 Å². The molecule has 2 heterocycles. The highest BCUT2D eigenvalue weighted by atomic mass is 16.5. The van der Waals surface area contributed by atoms with Crippen molar-refractivity contribution in [2.45, 2.75) is 123 Å². The zero-order valence-corrected chi connectivity index (χ0v) is 30.8. The number of hydrogen-bond donors (Lipinski definition) is 4. The van der Waals surface area contributed by atoms with E-state index in [9.17, 15) is 24.0 Å². The van der Waals surface area contributed by atoms with E-state index in [1.165, 1.54) is 4.90 Å². The minimum Gasteiger partial charge on any atom is -0.497 e. The first-order valence-electron chi connectivity index (χ1n) is 17.5. The van der Waals surface area contributed by atoms with Crippen LogP contribution < -0.4 is 30.7 Å². The number of carbonyl (C=O) groups excluding carboxylic acids is 5. The van der Waals surface area contributed by atoms with E-state index < -0.39 is 64.7 Å². The summed E-state index contributed by atoms with van der Waals surface area (Å²) < 4.78 is 11.8. The molecule has 5 amide bonds. The molecule has 2 aromatic rings. The van der Waals surface area contributed by atoms with Crippen LogP contribution in [0.25, 0.3) is 10.8 Å². The minimum absolute atomic E-state index is 0.0201. The smallest absolute Gasteiger partial charge is 0.315 e. The lowest BCUT2D eigenvalue weighted by molar-refractivity contribution is -0.144. The quantitative estimate of drug-likeness (QED) is 0.229. The van der Waals surface area contributed by atoms with Gasteiger partial charge in [0.15, 0.2) is 0 Å². The molecule has 1 aromatic heterocycles. The highest BCUT2D eigenvalue weighted by Crippen LogP contribution is 2.32. The molecule has 13 nitrogen and oxygen atoms in total. The van der Waals surface area contributed by atoms with Crippen molar-refractivity contribution < 1.29 is 33.4 Å². The second-order valence-corrected chi connectivity index (χ2v) is 15.8. The number of ether oxygens (including phenoxy) is 2. The highest BCUT2D eigenvalue weighted by molar-refractivity contribution is 6.38. The monoisotopic (exact) mass is 694 g/mol. The number of pyridine rings is 1. The van der Waals surface area contributed by atoms with E-state index in [1.54, 1.807) is 19.4 Å². The van der Waals surface area contributed by atoms with E-state index in [2.05, 4.69) is 26.3 Å². The molecule has 5 atom stereocenters. The molecule has 1 aromatic carbocycles. The van der Waals surface area contributed by atoms with Crippen molar-refractivity contribution in [3.8, 4) is 11.6 Å². The molecule has 1 saturated heterocycles. The van der Waals surface area contributed by atoms with Crippen molar-refractivity contribution in [3.63, 3.8) is 0 Å². The lowest BCUT2D eigenvalue weighted by Gasteiger charge is -2.36. The Bertz CT molecular complexity index is 1580. The number of rotatable bonds is 13. The second kappa shape index (κ2) is 15.6. The fourth-order valence-electron chi connectivity index (χ4n) is 5.92. The van der Waals surface area contributed by atoms with Gasteiger partial charge in [0, 0.05) is 29.6 Å². The van der Waals surface area contributed by atoms with Crippen LogP contribution in [0.2, 0.25) is 0 Å². The highest BCUT2D eigenvalue weighted by Gasteiger charge is 2.47. The zero-order chi connectivity index (χ0) is 37.0. The Hall–Kier alpha value is -4.42. The Kier molecular flexibility index (Phi) is 12.0. The zero-order valence-electron chi connectivity index (χ0n) is 30.8. The molecule has 274 valence electrons. The number of methoxy groups -OCH3 is 1. The topological polar surface area (TPSA) is 168 Å². The summed E-state index contributed by atoms with van der Waals surface area (Å²) in [5.41, 5.74) is -1.29. The fourth-order valence-corrected chi connectivity index (χ4v) is 5.92. The van der Waals surface area contributed by atoms with E-state index >= 15 is 0 Å². The van der Waals surface area contributed by atoms with E-state index in [-0.39, 0.29) is 31.3 Å². The van der Waals surface area contributed by atoms with Crippen molar-refractivity contribution in [3.05, 3.63) is 30.5 Å². The Morgan fingerprint density at radius 3 is 2.32 bits per heavy atom. The average molecular weight is 695 g/mol. The summed E-state index contributed by atoms with van der Waals surface area (Å²) in [5.74, 6) is -1.43. The van der Waals surface area contributed by atoms with Crippen molar-refractivity contribution in [2.24, 2.45) is 11.3 Å². The molecular weight excluding hydrogens is 640 g/mol. The number of urea groups is 1. The van der Waals surface area contributed by atoms with E-state index in [0.717, 1.165) is 30.0 Å². The van der Waals surface area contributed by atoms with Crippen molar-refractivity contribution in [1.82, 2.24) is 31.2 Å². The van der Waals surface area contributed by atoms with Gasteiger partial charge in [-0.25, -0.2) is 9.78 Å². The number of hydrogen-bond acceptors (Lipinski definition) is 8. The van der Waals surface area contributed by atoms with Gasteiger partial charge in [-0.2, -0.15) is 0 Å². The summed E-state index contributed by atoms with van der Waals surface area (Å²) in [6, 6.07) is 3.65. The SMILES string of the molecule is CCC(C)C[C@H](NC(=O)C1C[C@@H](Oc2nccc3cc(OC)ccc23)CN1C(=O)[C@@H](NC(=O)NC(C)(C)C)C(C)(C)C)C(=O)C(=O)NC1CC1. The van der Waals surface area contributed by atoms with Gasteiger partial charge in [-0.05, 0) is 81.0 Å². The molecule has 50 heavy (non-hydrogen) atoms. The fraction of sp³-hybridized carbons (Fsp3) is 0.622. The van der Waals surface area contributed by atoms with Crippen molar-refractivity contribution in [1.29, 1.82) is 0 Å². The van der Waals surface area contributed by atoms with Crippen LogP contribution in [0.1, 0.15) is 87.5 Å². The third-order valence-electron chi connectivity index (χ3n) is 9.04. The Morgan fingerprint density at radius 1 is 1.02 bits per heavy atom. The Balaban J connectivity index is 1.65. The van der Waals surface area contributed by atoms with E-state index in [1.807, 2.05) is 73.6 Å². The molecule has 13 heteroatoms. The lowest BCUT2D eigenvalue weighted by atomic mass is 9.85. The predicted molar refractivity (Wildman–Crippen MR) is 190 cm³/mol. The summed E-state index contributed by atoms with van der Waals surface area (Å²) in [6.45, 7) is 15.0. The van der Waals surface area contributed by atoms with Gasteiger partial charge >= 0.3 is 6.03 Å². The Labute approximate surface area is 295 Å².